The van der Waals surface area contributed by atoms with E-state index < -0.39 is 0 Å². The van der Waals surface area contributed by atoms with Crippen LogP contribution in [0.4, 0.5) is 5.69 Å². The van der Waals surface area contributed by atoms with E-state index in [2.05, 4.69) is 21.7 Å². The van der Waals surface area contributed by atoms with Gasteiger partial charge in [-0.2, -0.15) is 5.26 Å². The normalized spacial score (nSPS) is 24.0. The number of nitrogens with one attached hydrogen (secondary N) is 2. The van der Waals surface area contributed by atoms with Gasteiger partial charge in [-0.05, 0) is 38.8 Å². The Labute approximate surface area is 102 Å². The van der Waals surface area contributed by atoms with Crippen LogP contribution in [0.1, 0.15) is 31.2 Å². The molecule has 0 aromatic carbocycles. The van der Waals surface area contributed by atoms with Crippen molar-refractivity contribution in [2.24, 2.45) is 0 Å². The van der Waals surface area contributed by atoms with Gasteiger partial charge < -0.3 is 10.6 Å². The molecule has 2 rings (SSSR count). The fourth-order valence-corrected chi connectivity index (χ4v) is 2.35. The van der Waals surface area contributed by atoms with Crippen LogP contribution in [0.2, 0.25) is 0 Å². The lowest BCUT2D eigenvalue weighted by molar-refractivity contribution is 0.371. The van der Waals surface area contributed by atoms with Gasteiger partial charge >= 0.3 is 0 Å². The third kappa shape index (κ3) is 2.95. The van der Waals surface area contributed by atoms with Crippen LogP contribution < -0.4 is 10.6 Å². The van der Waals surface area contributed by atoms with E-state index in [1.807, 2.05) is 7.05 Å². The maximum absolute atomic E-state index is 9.00. The van der Waals surface area contributed by atoms with Crippen LogP contribution in [-0.2, 0) is 0 Å². The summed E-state index contributed by atoms with van der Waals surface area (Å²) in [7, 11) is 2.02. The summed E-state index contributed by atoms with van der Waals surface area (Å²) in [6.45, 7) is 0. The largest absolute Gasteiger partial charge is 0.380 e. The highest BCUT2D eigenvalue weighted by Crippen LogP contribution is 2.23. The van der Waals surface area contributed by atoms with Crippen molar-refractivity contribution in [3.05, 3.63) is 24.0 Å². The lowest BCUT2D eigenvalue weighted by Crippen LogP contribution is -2.35. The average molecular weight is 230 g/mol. The summed E-state index contributed by atoms with van der Waals surface area (Å²) in [6, 6.07) is 5.06. The molecule has 0 bridgehead atoms. The third-order valence-electron chi connectivity index (χ3n) is 3.44. The van der Waals surface area contributed by atoms with E-state index in [0.29, 0.717) is 17.6 Å². The van der Waals surface area contributed by atoms with Crippen LogP contribution in [0.5, 0.6) is 0 Å². The van der Waals surface area contributed by atoms with Crippen LogP contribution in [0.15, 0.2) is 18.5 Å². The Morgan fingerprint density at radius 3 is 2.65 bits per heavy atom. The number of hydrogen-bond donors (Lipinski definition) is 2. The number of hydrogen-bond acceptors (Lipinski definition) is 4. The zero-order valence-electron chi connectivity index (χ0n) is 10.1. The minimum absolute atomic E-state index is 0.468. The summed E-state index contributed by atoms with van der Waals surface area (Å²) in [5.74, 6) is 0. The molecular formula is C13H18N4. The zero-order chi connectivity index (χ0) is 12.1. The van der Waals surface area contributed by atoms with E-state index in [-0.39, 0.29) is 0 Å². The van der Waals surface area contributed by atoms with Crippen molar-refractivity contribution in [3.8, 4) is 6.07 Å². The maximum Gasteiger partial charge on any atom is 0.101 e. The topological polar surface area (TPSA) is 60.7 Å². The summed E-state index contributed by atoms with van der Waals surface area (Å²) < 4.78 is 0. The molecule has 0 saturated heterocycles. The molecule has 1 saturated carbocycles. The second-order valence-corrected chi connectivity index (χ2v) is 4.51. The first-order valence-electron chi connectivity index (χ1n) is 6.11. The molecule has 4 heteroatoms. The first-order valence-corrected chi connectivity index (χ1v) is 6.11. The Bertz CT molecular complexity index is 402. The van der Waals surface area contributed by atoms with Crippen molar-refractivity contribution >= 4 is 5.69 Å². The smallest absolute Gasteiger partial charge is 0.101 e. The van der Waals surface area contributed by atoms with Gasteiger partial charge in [0.15, 0.2) is 0 Å². The summed E-state index contributed by atoms with van der Waals surface area (Å²) in [4.78, 5) is 4.06. The molecule has 2 N–H and O–H groups in total. The van der Waals surface area contributed by atoms with Gasteiger partial charge in [0.05, 0.1) is 17.4 Å². The molecule has 0 atom stereocenters. The van der Waals surface area contributed by atoms with Gasteiger partial charge in [-0.15, -0.1) is 0 Å². The Morgan fingerprint density at radius 2 is 2.00 bits per heavy atom. The molecule has 0 unspecified atom stereocenters. The Balaban J connectivity index is 1.96. The molecule has 0 aliphatic heterocycles. The Morgan fingerprint density at radius 1 is 1.29 bits per heavy atom. The van der Waals surface area contributed by atoms with Crippen LogP contribution in [-0.4, -0.2) is 24.1 Å². The van der Waals surface area contributed by atoms with E-state index in [4.69, 9.17) is 5.26 Å². The van der Waals surface area contributed by atoms with Gasteiger partial charge in [-0.25, -0.2) is 0 Å². The minimum atomic E-state index is 0.468. The predicted molar refractivity (Wildman–Crippen MR) is 67.7 cm³/mol. The molecular weight excluding hydrogens is 212 g/mol. The van der Waals surface area contributed by atoms with Gasteiger partial charge in [-0.1, -0.05) is 0 Å². The van der Waals surface area contributed by atoms with E-state index in [9.17, 15) is 0 Å². The fourth-order valence-electron chi connectivity index (χ4n) is 2.35. The molecule has 1 aliphatic rings. The van der Waals surface area contributed by atoms with Crippen molar-refractivity contribution in [3.63, 3.8) is 0 Å². The number of aromatic nitrogens is 1. The maximum atomic E-state index is 9.00. The van der Waals surface area contributed by atoms with Gasteiger partial charge in [-0.3, -0.25) is 4.98 Å². The van der Waals surface area contributed by atoms with Gasteiger partial charge in [0.2, 0.25) is 0 Å². The van der Waals surface area contributed by atoms with Gasteiger partial charge in [0.25, 0.3) is 0 Å². The minimum Gasteiger partial charge on any atom is -0.380 e. The van der Waals surface area contributed by atoms with Gasteiger partial charge in [0, 0.05) is 18.3 Å². The number of rotatable bonds is 3. The van der Waals surface area contributed by atoms with E-state index in [0.717, 1.165) is 18.5 Å². The monoisotopic (exact) mass is 230 g/mol. The Kier molecular flexibility index (Phi) is 3.94. The zero-order valence-corrected chi connectivity index (χ0v) is 10.1. The summed E-state index contributed by atoms with van der Waals surface area (Å²) in [6.07, 6.45) is 8.06. The van der Waals surface area contributed by atoms with Crippen LogP contribution in [0, 0.1) is 11.3 Å². The predicted octanol–water partition coefficient (Wildman–Crippen LogP) is 1.90. The molecule has 1 fully saturated rings. The molecule has 1 aromatic heterocycles. The number of anilines is 1. The van der Waals surface area contributed by atoms with Crippen molar-refractivity contribution in [2.75, 3.05) is 12.4 Å². The number of nitriles is 1. The molecule has 0 spiro atoms. The lowest BCUT2D eigenvalue weighted by atomic mass is 9.91. The molecule has 4 nitrogen and oxygen atoms in total. The molecule has 1 heterocycles. The van der Waals surface area contributed by atoms with E-state index >= 15 is 0 Å². The van der Waals surface area contributed by atoms with Crippen molar-refractivity contribution in [1.29, 1.82) is 5.26 Å². The van der Waals surface area contributed by atoms with E-state index in [1.54, 1.807) is 18.5 Å². The number of pyridine rings is 1. The highest BCUT2D eigenvalue weighted by molar-refractivity contribution is 5.55. The van der Waals surface area contributed by atoms with Crippen LogP contribution in [0.3, 0.4) is 0 Å². The van der Waals surface area contributed by atoms with Crippen LogP contribution in [0.25, 0.3) is 0 Å². The average Bonchev–Trinajstić information content (AvgIpc) is 2.40. The second kappa shape index (κ2) is 5.65. The molecule has 0 radical (unpaired) electrons. The summed E-state index contributed by atoms with van der Waals surface area (Å²) >= 11 is 0. The summed E-state index contributed by atoms with van der Waals surface area (Å²) in [5.41, 5.74) is 1.54. The van der Waals surface area contributed by atoms with Gasteiger partial charge in [0.1, 0.15) is 6.07 Å². The van der Waals surface area contributed by atoms with Crippen LogP contribution >= 0.6 is 0 Å². The lowest BCUT2D eigenvalue weighted by Gasteiger charge is -2.29. The molecule has 0 amide bonds. The van der Waals surface area contributed by atoms with Crippen molar-refractivity contribution in [2.45, 2.75) is 37.8 Å². The van der Waals surface area contributed by atoms with E-state index in [1.165, 1.54) is 12.8 Å². The first kappa shape index (κ1) is 11.9. The van der Waals surface area contributed by atoms with Crippen molar-refractivity contribution < 1.29 is 0 Å². The molecule has 1 aromatic rings. The molecule has 90 valence electrons. The summed E-state index contributed by atoms with van der Waals surface area (Å²) in [5, 5.41) is 15.8. The number of nitrogens with zero attached hydrogens (tertiary/aromatic N) is 2. The quantitative estimate of drug-likeness (QED) is 0.832. The first-order chi connectivity index (χ1) is 8.33. The highest BCUT2D eigenvalue weighted by Gasteiger charge is 2.20. The second-order valence-electron chi connectivity index (χ2n) is 4.51. The Hall–Kier alpha value is -1.60. The molecule has 17 heavy (non-hydrogen) atoms. The fraction of sp³-hybridized carbons (Fsp3) is 0.538. The third-order valence-corrected chi connectivity index (χ3v) is 3.44. The molecule has 1 aliphatic carbocycles. The standard InChI is InChI=1S/C13H18N4/c1-15-11-2-4-12(5-3-11)17-13-9-16-7-6-10(13)8-14/h6-7,9,11-12,15,17H,2-5H2,1H3. The van der Waals surface area contributed by atoms with Crippen molar-refractivity contribution in [1.82, 2.24) is 10.3 Å². The SMILES string of the molecule is CNC1CCC(Nc2cnccc2C#N)CC1. The highest BCUT2D eigenvalue weighted by atomic mass is 14.9.